The minimum absolute atomic E-state index is 0.104. The molecule has 1 N–H and O–H groups in total. The lowest BCUT2D eigenvalue weighted by Gasteiger charge is -2.32. The molecule has 138 valence electrons. The molecule has 0 spiro atoms. The molecule has 0 radical (unpaired) electrons. The first-order valence-electron chi connectivity index (χ1n) is 8.60. The highest BCUT2D eigenvalue weighted by Crippen LogP contribution is 2.33. The number of rotatable bonds is 3. The van der Waals surface area contributed by atoms with Crippen molar-refractivity contribution >= 4 is 34.2 Å². The average Bonchev–Trinajstić information content (AvgIpc) is 2.92. The lowest BCUT2D eigenvalue weighted by Crippen LogP contribution is -2.47. The number of aromatic nitrogens is 3. The summed E-state index contributed by atoms with van der Waals surface area (Å²) in [7, 11) is 1.82. The molecule has 0 bridgehead atoms. The highest BCUT2D eigenvalue weighted by atomic mass is 16.5. The van der Waals surface area contributed by atoms with Gasteiger partial charge in [-0.25, -0.2) is 4.98 Å². The summed E-state index contributed by atoms with van der Waals surface area (Å²) >= 11 is 0. The van der Waals surface area contributed by atoms with E-state index >= 15 is 0 Å². The first-order chi connectivity index (χ1) is 12.9. The number of aryl methyl sites for hydroxylation is 2. The van der Waals surface area contributed by atoms with Gasteiger partial charge in [0.2, 0.25) is 5.91 Å². The summed E-state index contributed by atoms with van der Waals surface area (Å²) in [6.07, 6.45) is 0.947. The van der Waals surface area contributed by atoms with Gasteiger partial charge < -0.3 is 10.1 Å². The van der Waals surface area contributed by atoms with Gasteiger partial charge in [-0.15, -0.1) is 0 Å². The van der Waals surface area contributed by atoms with Crippen molar-refractivity contribution in [3.05, 3.63) is 42.2 Å². The summed E-state index contributed by atoms with van der Waals surface area (Å²) in [5.41, 5.74) is 2.73. The summed E-state index contributed by atoms with van der Waals surface area (Å²) in [4.78, 5) is 30.9. The number of hydrogen-bond donors (Lipinski definition) is 1. The van der Waals surface area contributed by atoms with Crippen molar-refractivity contribution < 1.29 is 14.3 Å². The number of amides is 2. The van der Waals surface area contributed by atoms with Crippen LogP contribution in [0, 0.1) is 6.92 Å². The summed E-state index contributed by atoms with van der Waals surface area (Å²) < 4.78 is 7.29. The van der Waals surface area contributed by atoms with E-state index in [4.69, 9.17) is 4.74 Å². The molecule has 4 rings (SSSR count). The standard InChI is InChI=1S/C19H19N5O3/c1-11-14-8-13(9-20-18(14)23(3)22-11)21-17(25)10-24-15-6-4-5-7-16(15)27-12(2)19(24)26/h4-9,12H,10H2,1-3H3,(H,21,25). The molecule has 8 heteroatoms. The van der Waals surface area contributed by atoms with Crippen molar-refractivity contribution in [3.8, 4) is 5.75 Å². The predicted molar refractivity (Wildman–Crippen MR) is 101 cm³/mol. The number of ether oxygens (including phenoxy) is 1. The van der Waals surface area contributed by atoms with Gasteiger partial charge in [0, 0.05) is 12.4 Å². The second-order valence-electron chi connectivity index (χ2n) is 6.50. The van der Waals surface area contributed by atoms with Crippen LogP contribution in [-0.2, 0) is 16.6 Å². The Morgan fingerprint density at radius 1 is 1.33 bits per heavy atom. The van der Waals surface area contributed by atoms with Crippen molar-refractivity contribution in [2.45, 2.75) is 20.0 Å². The number of fused-ring (bicyclic) bond motifs is 2. The number of para-hydroxylation sites is 2. The van der Waals surface area contributed by atoms with Gasteiger partial charge in [0.1, 0.15) is 12.3 Å². The Morgan fingerprint density at radius 3 is 2.93 bits per heavy atom. The number of pyridine rings is 1. The molecule has 0 fully saturated rings. The molecule has 0 saturated heterocycles. The number of hydrogen-bond acceptors (Lipinski definition) is 5. The zero-order chi connectivity index (χ0) is 19.1. The van der Waals surface area contributed by atoms with E-state index in [0.717, 1.165) is 16.7 Å². The number of carbonyl (C=O) groups excluding carboxylic acids is 2. The number of anilines is 2. The number of nitrogens with one attached hydrogen (secondary N) is 1. The van der Waals surface area contributed by atoms with Gasteiger partial charge in [-0.2, -0.15) is 5.10 Å². The summed E-state index contributed by atoms with van der Waals surface area (Å²) in [6.45, 7) is 3.46. The fraction of sp³-hybridized carbons (Fsp3) is 0.263. The molecule has 2 amide bonds. The Kier molecular flexibility index (Phi) is 4.02. The molecular weight excluding hydrogens is 346 g/mol. The van der Waals surface area contributed by atoms with Crippen LogP contribution in [-0.4, -0.2) is 39.2 Å². The number of carbonyl (C=O) groups is 2. The van der Waals surface area contributed by atoms with Gasteiger partial charge in [0.05, 0.1) is 23.3 Å². The number of nitrogens with zero attached hydrogens (tertiary/aromatic N) is 4. The van der Waals surface area contributed by atoms with Gasteiger partial charge in [-0.05, 0) is 32.0 Å². The fourth-order valence-corrected chi connectivity index (χ4v) is 3.24. The predicted octanol–water partition coefficient (Wildman–Crippen LogP) is 2.03. The van der Waals surface area contributed by atoms with Crippen molar-refractivity contribution in [2.24, 2.45) is 7.05 Å². The highest BCUT2D eigenvalue weighted by Gasteiger charge is 2.32. The lowest BCUT2D eigenvalue weighted by molar-refractivity contribution is -0.127. The smallest absolute Gasteiger partial charge is 0.268 e. The molecule has 27 heavy (non-hydrogen) atoms. The topological polar surface area (TPSA) is 89.4 Å². The fourth-order valence-electron chi connectivity index (χ4n) is 3.24. The van der Waals surface area contributed by atoms with Crippen LogP contribution in [0.3, 0.4) is 0 Å². The Bertz CT molecular complexity index is 1060. The van der Waals surface area contributed by atoms with Gasteiger partial charge >= 0.3 is 0 Å². The zero-order valence-corrected chi connectivity index (χ0v) is 15.3. The van der Waals surface area contributed by atoms with Crippen molar-refractivity contribution in [2.75, 3.05) is 16.8 Å². The third-order valence-electron chi connectivity index (χ3n) is 4.52. The molecule has 1 atom stereocenters. The normalized spacial score (nSPS) is 16.2. The van der Waals surface area contributed by atoms with E-state index in [9.17, 15) is 9.59 Å². The van der Waals surface area contributed by atoms with Crippen LogP contribution < -0.4 is 15.0 Å². The quantitative estimate of drug-likeness (QED) is 0.767. The second kappa shape index (κ2) is 6.39. The van der Waals surface area contributed by atoms with Crippen LogP contribution >= 0.6 is 0 Å². The van der Waals surface area contributed by atoms with E-state index in [-0.39, 0.29) is 18.4 Å². The van der Waals surface area contributed by atoms with Crippen LogP contribution in [0.4, 0.5) is 11.4 Å². The molecule has 3 heterocycles. The van der Waals surface area contributed by atoms with Crippen LogP contribution in [0.15, 0.2) is 36.5 Å². The Balaban J connectivity index is 1.56. The molecule has 1 unspecified atom stereocenters. The van der Waals surface area contributed by atoms with E-state index in [2.05, 4.69) is 15.4 Å². The first kappa shape index (κ1) is 17.0. The van der Waals surface area contributed by atoms with Crippen molar-refractivity contribution in [1.29, 1.82) is 0 Å². The second-order valence-corrected chi connectivity index (χ2v) is 6.50. The Morgan fingerprint density at radius 2 is 2.11 bits per heavy atom. The van der Waals surface area contributed by atoms with Crippen LogP contribution in [0.2, 0.25) is 0 Å². The Hall–Kier alpha value is -3.42. The van der Waals surface area contributed by atoms with E-state index in [1.807, 2.05) is 26.1 Å². The summed E-state index contributed by atoms with van der Waals surface area (Å²) in [5, 5.41) is 8.00. The van der Waals surface area contributed by atoms with E-state index < -0.39 is 6.10 Å². The van der Waals surface area contributed by atoms with E-state index in [1.54, 1.807) is 36.0 Å². The summed E-state index contributed by atoms with van der Waals surface area (Å²) in [5.74, 6) is 0.0296. The Labute approximate surface area is 155 Å². The molecule has 0 aliphatic carbocycles. The average molecular weight is 365 g/mol. The van der Waals surface area contributed by atoms with E-state index in [1.165, 1.54) is 4.90 Å². The molecule has 0 saturated carbocycles. The largest absolute Gasteiger partial charge is 0.479 e. The van der Waals surface area contributed by atoms with Crippen LogP contribution in [0.1, 0.15) is 12.6 Å². The lowest BCUT2D eigenvalue weighted by atomic mass is 10.2. The van der Waals surface area contributed by atoms with Crippen LogP contribution in [0.5, 0.6) is 5.75 Å². The molecule has 1 aliphatic rings. The monoisotopic (exact) mass is 365 g/mol. The third kappa shape index (κ3) is 2.99. The molecule has 8 nitrogen and oxygen atoms in total. The van der Waals surface area contributed by atoms with Gasteiger partial charge in [-0.3, -0.25) is 19.2 Å². The molecule has 2 aromatic heterocycles. The minimum Gasteiger partial charge on any atom is -0.479 e. The summed E-state index contributed by atoms with van der Waals surface area (Å²) in [6, 6.07) is 9.02. The molecular formula is C19H19N5O3. The maximum atomic E-state index is 12.6. The first-order valence-corrected chi connectivity index (χ1v) is 8.60. The molecule has 1 aromatic carbocycles. The van der Waals surface area contributed by atoms with Gasteiger partial charge in [-0.1, -0.05) is 12.1 Å². The third-order valence-corrected chi connectivity index (χ3v) is 4.52. The minimum atomic E-state index is -0.635. The molecule has 3 aromatic rings. The zero-order valence-electron chi connectivity index (χ0n) is 15.3. The SMILES string of the molecule is Cc1nn(C)c2ncc(NC(=O)CN3C(=O)C(C)Oc4ccccc43)cc12. The van der Waals surface area contributed by atoms with Gasteiger partial charge in [0.15, 0.2) is 11.8 Å². The van der Waals surface area contributed by atoms with Crippen molar-refractivity contribution in [1.82, 2.24) is 14.8 Å². The number of benzene rings is 1. The van der Waals surface area contributed by atoms with Crippen molar-refractivity contribution in [3.63, 3.8) is 0 Å². The van der Waals surface area contributed by atoms with Gasteiger partial charge in [0.25, 0.3) is 5.91 Å². The van der Waals surface area contributed by atoms with Crippen LogP contribution in [0.25, 0.3) is 11.0 Å². The van der Waals surface area contributed by atoms with E-state index in [0.29, 0.717) is 17.1 Å². The highest BCUT2D eigenvalue weighted by molar-refractivity contribution is 6.06. The maximum Gasteiger partial charge on any atom is 0.268 e. The maximum absolute atomic E-state index is 12.6. The molecule has 1 aliphatic heterocycles.